The lowest BCUT2D eigenvalue weighted by Crippen LogP contribution is -2.29. The number of thioether (sulfide) groups is 1. The van der Waals surface area contributed by atoms with Gasteiger partial charge in [0.05, 0.1) is 0 Å². The van der Waals surface area contributed by atoms with E-state index in [1.165, 1.54) is 17.3 Å². The van der Waals surface area contributed by atoms with Gasteiger partial charge in [0, 0.05) is 18.3 Å². The molecule has 0 spiro atoms. The second-order valence-electron chi connectivity index (χ2n) is 6.58. The Morgan fingerprint density at radius 1 is 1.17 bits per heavy atom. The Bertz CT molecular complexity index is 264. The van der Waals surface area contributed by atoms with Crippen molar-refractivity contribution >= 4 is 16.9 Å². The molecule has 0 amide bonds. The molecular weight excluding hydrogens is 240 g/mol. The molecule has 2 nitrogen and oxygen atoms in total. The molecule has 18 heavy (non-hydrogen) atoms. The first-order chi connectivity index (χ1) is 8.40. The highest BCUT2D eigenvalue weighted by molar-refractivity contribution is 8.14. The van der Waals surface area contributed by atoms with Crippen molar-refractivity contribution in [2.45, 2.75) is 54.0 Å². The average molecular weight is 270 g/mol. The smallest absolute Gasteiger partial charge is 0.156 e. The molecule has 1 N–H and O–H groups in total. The molecule has 0 aromatic carbocycles. The number of nitrogens with one attached hydrogen (secondary N) is 1. The van der Waals surface area contributed by atoms with Crippen LogP contribution in [0.2, 0.25) is 0 Å². The zero-order valence-corrected chi connectivity index (χ0v) is 13.7. The summed E-state index contributed by atoms with van der Waals surface area (Å²) < 4.78 is 0. The fraction of sp³-hybridized carbons (Fsp3) is 0.933. The number of hydrogen-bond donors (Lipinski definition) is 1. The van der Waals surface area contributed by atoms with Crippen LogP contribution in [0.4, 0.5) is 0 Å². The lowest BCUT2D eigenvalue weighted by molar-refractivity contribution is 0.298. The molecule has 1 saturated heterocycles. The summed E-state index contributed by atoms with van der Waals surface area (Å²) in [7, 11) is 0. The van der Waals surface area contributed by atoms with Crippen molar-refractivity contribution in [1.29, 1.82) is 0 Å². The van der Waals surface area contributed by atoms with Gasteiger partial charge in [-0.25, -0.2) is 0 Å². The second-order valence-corrected chi connectivity index (χ2v) is 7.59. The van der Waals surface area contributed by atoms with Crippen molar-refractivity contribution in [2.75, 3.05) is 12.3 Å². The SMILES string of the molecule is CC(C)CC1CSC(=NCC(C(C)C)C(C)C)N1. The normalized spacial score (nSPS) is 22.8. The van der Waals surface area contributed by atoms with E-state index < -0.39 is 0 Å². The molecule has 1 fully saturated rings. The number of rotatable bonds is 6. The summed E-state index contributed by atoms with van der Waals surface area (Å²) >= 11 is 1.90. The van der Waals surface area contributed by atoms with E-state index in [0.717, 1.165) is 12.5 Å². The fourth-order valence-corrected chi connectivity index (χ4v) is 3.60. The Balaban J connectivity index is 2.44. The molecule has 0 bridgehead atoms. The van der Waals surface area contributed by atoms with Crippen molar-refractivity contribution in [3.8, 4) is 0 Å². The molecule has 1 aliphatic rings. The fourth-order valence-electron chi connectivity index (χ4n) is 2.60. The Morgan fingerprint density at radius 2 is 1.78 bits per heavy atom. The van der Waals surface area contributed by atoms with Gasteiger partial charge in [-0.2, -0.15) is 0 Å². The molecule has 1 heterocycles. The van der Waals surface area contributed by atoms with Gasteiger partial charge in [-0.1, -0.05) is 53.3 Å². The third-order valence-electron chi connectivity index (χ3n) is 3.66. The molecule has 0 aromatic heterocycles. The van der Waals surface area contributed by atoms with Crippen molar-refractivity contribution < 1.29 is 0 Å². The Labute approximate surface area is 117 Å². The minimum absolute atomic E-state index is 0.630. The van der Waals surface area contributed by atoms with Gasteiger partial charge in [0.25, 0.3) is 0 Å². The summed E-state index contributed by atoms with van der Waals surface area (Å²) in [6.45, 7) is 14.8. The Morgan fingerprint density at radius 3 is 2.28 bits per heavy atom. The van der Waals surface area contributed by atoms with E-state index in [0.29, 0.717) is 23.8 Å². The third-order valence-corrected chi connectivity index (χ3v) is 4.75. The van der Waals surface area contributed by atoms with Crippen molar-refractivity contribution in [3.05, 3.63) is 0 Å². The van der Waals surface area contributed by atoms with Crippen LogP contribution in [-0.2, 0) is 0 Å². The molecule has 0 aliphatic carbocycles. The molecule has 106 valence electrons. The maximum atomic E-state index is 4.79. The highest BCUT2D eigenvalue weighted by Crippen LogP contribution is 2.23. The molecular formula is C15H30N2S. The molecule has 1 rings (SSSR count). The van der Waals surface area contributed by atoms with E-state index in [2.05, 4.69) is 46.9 Å². The zero-order valence-electron chi connectivity index (χ0n) is 12.9. The van der Waals surface area contributed by atoms with Crippen LogP contribution >= 0.6 is 11.8 Å². The average Bonchev–Trinajstić information content (AvgIpc) is 2.63. The van der Waals surface area contributed by atoms with Crippen LogP contribution in [0.5, 0.6) is 0 Å². The van der Waals surface area contributed by atoms with E-state index in [-0.39, 0.29) is 0 Å². The Hall–Kier alpha value is -0.180. The van der Waals surface area contributed by atoms with E-state index in [1.54, 1.807) is 0 Å². The van der Waals surface area contributed by atoms with E-state index in [4.69, 9.17) is 4.99 Å². The quantitative estimate of drug-likeness (QED) is 0.788. The van der Waals surface area contributed by atoms with Gasteiger partial charge in [0.1, 0.15) is 0 Å². The van der Waals surface area contributed by atoms with Crippen LogP contribution in [0.1, 0.15) is 48.0 Å². The van der Waals surface area contributed by atoms with Gasteiger partial charge < -0.3 is 5.32 Å². The number of amidine groups is 1. The summed E-state index contributed by atoms with van der Waals surface area (Å²) in [5, 5.41) is 4.74. The van der Waals surface area contributed by atoms with E-state index >= 15 is 0 Å². The van der Waals surface area contributed by atoms with Gasteiger partial charge in [-0.3, -0.25) is 4.99 Å². The van der Waals surface area contributed by atoms with Crippen molar-refractivity contribution in [2.24, 2.45) is 28.7 Å². The zero-order chi connectivity index (χ0) is 13.7. The standard InChI is InChI=1S/C15H30N2S/c1-10(2)7-13-9-18-15(17-13)16-8-14(11(3)4)12(5)6/h10-14H,7-9H2,1-6H3,(H,16,17). The van der Waals surface area contributed by atoms with Gasteiger partial charge in [0.2, 0.25) is 0 Å². The highest BCUT2D eigenvalue weighted by Gasteiger charge is 2.22. The van der Waals surface area contributed by atoms with Crippen LogP contribution in [-0.4, -0.2) is 23.5 Å². The topological polar surface area (TPSA) is 24.4 Å². The van der Waals surface area contributed by atoms with Gasteiger partial charge in [-0.15, -0.1) is 0 Å². The molecule has 3 heteroatoms. The predicted molar refractivity (Wildman–Crippen MR) is 84.3 cm³/mol. The monoisotopic (exact) mass is 270 g/mol. The molecule has 1 aliphatic heterocycles. The molecule has 1 atom stereocenters. The summed E-state index contributed by atoms with van der Waals surface area (Å²) in [5.41, 5.74) is 0. The first-order valence-electron chi connectivity index (χ1n) is 7.34. The van der Waals surface area contributed by atoms with E-state index in [1.807, 2.05) is 11.8 Å². The molecule has 1 unspecified atom stereocenters. The number of nitrogens with zero attached hydrogens (tertiary/aromatic N) is 1. The highest BCUT2D eigenvalue weighted by atomic mass is 32.2. The minimum atomic E-state index is 0.630. The molecule has 0 saturated carbocycles. The number of hydrogen-bond acceptors (Lipinski definition) is 2. The second kappa shape index (κ2) is 7.42. The summed E-state index contributed by atoms with van der Waals surface area (Å²) in [5.74, 6) is 4.08. The lowest BCUT2D eigenvalue weighted by atomic mass is 9.86. The van der Waals surface area contributed by atoms with Gasteiger partial charge in [-0.05, 0) is 30.1 Å². The minimum Gasteiger partial charge on any atom is -0.361 e. The van der Waals surface area contributed by atoms with Crippen LogP contribution < -0.4 is 5.32 Å². The maximum absolute atomic E-state index is 4.79. The lowest BCUT2D eigenvalue weighted by Gasteiger charge is -2.23. The summed E-state index contributed by atoms with van der Waals surface area (Å²) in [6.07, 6.45) is 1.25. The maximum Gasteiger partial charge on any atom is 0.156 e. The predicted octanol–water partition coefficient (Wildman–Crippen LogP) is 4.02. The molecule has 0 aromatic rings. The van der Waals surface area contributed by atoms with Crippen molar-refractivity contribution in [3.63, 3.8) is 0 Å². The van der Waals surface area contributed by atoms with Crippen molar-refractivity contribution in [1.82, 2.24) is 5.32 Å². The summed E-state index contributed by atoms with van der Waals surface area (Å²) in [6, 6.07) is 0.630. The first kappa shape index (κ1) is 15.9. The Kier molecular flexibility index (Phi) is 6.54. The first-order valence-corrected chi connectivity index (χ1v) is 8.32. The van der Waals surface area contributed by atoms with Crippen LogP contribution in [0.15, 0.2) is 4.99 Å². The number of aliphatic imine (C=N–C) groups is 1. The van der Waals surface area contributed by atoms with Crippen LogP contribution in [0.25, 0.3) is 0 Å². The largest absolute Gasteiger partial charge is 0.361 e. The summed E-state index contributed by atoms with van der Waals surface area (Å²) in [4.78, 5) is 4.79. The van der Waals surface area contributed by atoms with Crippen LogP contribution in [0, 0.1) is 23.7 Å². The van der Waals surface area contributed by atoms with E-state index in [9.17, 15) is 0 Å². The molecule has 0 radical (unpaired) electrons. The van der Waals surface area contributed by atoms with Crippen LogP contribution in [0.3, 0.4) is 0 Å². The third kappa shape index (κ3) is 5.21. The van der Waals surface area contributed by atoms with Gasteiger partial charge >= 0.3 is 0 Å². The van der Waals surface area contributed by atoms with Gasteiger partial charge in [0.15, 0.2) is 5.17 Å².